The monoisotopic (exact) mass is 395 g/mol. The lowest BCUT2D eigenvalue weighted by molar-refractivity contribution is 0.207. The Morgan fingerprint density at radius 2 is 2.11 bits per heavy atom. The Morgan fingerprint density at radius 1 is 1.21 bits per heavy atom. The predicted octanol–water partition coefficient (Wildman–Crippen LogP) is 4.84. The minimum atomic E-state index is -0.118. The summed E-state index contributed by atoms with van der Waals surface area (Å²) in [5, 5.41) is 4.98. The van der Waals surface area contributed by atoms with Gasteiger partial charge in [0.2, 0.25) is 5.88 Å². The molecule has 0 unspecified atom stereocenters. The predicted molar refractivity (Wildman–Crippen MR) is 109 cm³/mol. The average molecular weight is 395 g/mol. The number of hydrogen-bond acceptors (Lipinski definition) is 5. The molecule has 4 rings (SSSR count). The fourth-order valence-electron chi connectivity index (χ4n) is 3.11. The van der Waals surface area contributed by atoms with Crippen LogP contribution in [-0.2, 0) is 13.0 Å². The second-order valence-electron chi connectivity index (χ2n) is 6.61. The van der Waals surface area contributed by atoms with Gasteiger partial charge in [0.25, 0.3) is 0 Å². The number of carbonyl (C=O) groups is 1. The molecule has 6 nitrogen and oxygen atoms in total. The number of nitrogens with zero attached hydrogens (tertiary/aromatic N) is 2. The molecule has 1 aliphatic rings. The number of nitrogens with one attached hydrogen (secondary N) is 1. The maximum absolute atomic E-state index is 12.5. The highest BCUT2D eigenvalue weighted by Crippen LogP contribution is 2.31. The van der Waals surface area contributed by atoms with Crippen molar-refractivity contribution in [2.45, 2.75) is 19.9 Å². The Labute approximate surface area is 167 Å². The fraction of sp³-hybridized carbons (Fsp3) is 0.238. The van der Waals surface area contributed by atoms with Crippen molar-refractivity contribution < 1.29 is 14.3 Å². The van der Waals surface area contributed by atoms with Crippen LogP contribution in [-0.4, -0.2) is 29.6 Å². The minimum absolute atomic E-state index is 0.118. The molecule has 7 heteroatoms. The summed E-state index contributed by atoms with van der Waals surface area (Å²) in [6, 6.07) is 11.2. The third-order valence-electron chi connectivity index (χ3n) is 4.62. The van der Waals surface area contributed by atoms with Gasteiger partial charge in [-0.3, -0.25) is 0 Å². The summed E-state index contributed by atoms with van der Waals surface area (Å²) in [4.78, 5) is 20.0. The molecule has 1 aliphatic heterocycles. The van der Waals surface area contributed by atoms with Crippen molar-refractivity contribution in [1.82, 2.24) is 9.88 Å². The highest BCUT2D eigenvalue weighted by atomic mass is 32.1. The van der Waals surface area contributed by atoms with Crippen LogP contribution in [0.5, 0.6) is 17.4 Å². The third-order valence-corrected chi connectivity index (χ3v) is 5.64. The quantitative estimate of drug-likeness (QED) is 0.686. The van der Waals surface area contributed by atoms with E-state index in [9.17, 15) is 4.79 Å². The molecule has 1 N–H and O–H groups in total. The van der Waals surface area contributed by atoms with E-state index in [-0.39, 0.29) is 6.03 Å². The van der Waals surface area contributed by atoms with Crippen LogP contribution in [0.3, 0.4) is 0 Å². The summed E-state index contributed by atoms with van der Waals surface area (Å²) in [7, 11) is 1.60. The Kier molecular flexibility index (Phi) is 5.16. The Morgan fingerprint density at radius 3 is 2.89 bits per heavy atom. The van der Waals surface area contributed by atoms with Gasteiger partial charge in [0, 0.05) is 24.0 Å². The number of urea groups is 1. The number of thiophene rings is 1. The van der Waals surface area contributed by atoms with Crippen molar-refractivity contribution in [2.24, 2.45) is 0 Å². The molecule has 0 saturated heterocycles. The van der Waals surface area contributed by atoms with Gasteiger partial charge < -0.3 is 19.7 Å². The number of methoxy groups -OCH3 is 1. The number of amides is 2. The molecular formula is C21H21N3O3S. The molecule has 0 atom stereocenters. The maximum atomic E-state index is 12.5. The van der Waals surface area contributed by atoms with Crippen molar-refractivity contribution >= 4 is 23.1 Å². The number of benzene rings is 1. The molecule has 3 heterocycles. The highest BCUT2D eigenvalue weighted by molar-refractivity contribution is 7.10. The molecule has 0 fully saturated rings. The van der Waals surface area contributed by atoms with E-state index in [0.29, 0.717) is 29.6 Å². The van der Waals surface area contributed by atoms with Crippen molar-refractivity contribution in [3.05, 3.63) is 64.0 Å². The zero-order chi connectivity index (χ0) is 19.5. The number of aryl methyl sites for hydroxylation is 1. The summed E-state index contributed by atoms with van der Waals surface area (Å²) in [6.07, 6.45) is 2.50. The van der Waals surface area contributed by atoms with Gasteiger partial charge >= 0.3 is 6.03 Å². The summed E-state index contributed by atoms with van der Waals surface area (Å²) in [5.41, 5.74) is 2.95. The SMILES string of the molecule is COc1cc(C)ccc1Oc1ccc(NC(=O)N2CCc3sccc3C2)cn1. The molecule has 3 aromatic rings. The van der Waals surface area contributed by atoms with Crippen LogP contribution in [0.15, 0.2) is 48.0 Å². The summed E-state index contributed by atoms with van der Waals surface area (Å²) in [6.45, 7) is 3.36. The zero-order valence-corrected chi connectivity index (χ0v) is 16.6. The third kappa shape index (κ3) is 3.94. The Bertz CT molecular complexity index is 985. The first-order valence-electron chi connectivity index (χ1n) is 9.02. The lowest BCUT2D eigenvalue weighted by Crippen LogP contribution is -2.38. The molecular weight excluding hydrogens is 374 g/mol. The highest BCUT2D eigenvalue weighted by Gasteiger charge is 2.21. The maximum Gasteiger partial charge on any atom is 0.322 e. The minimum Gasteiger partial charge on any atom is -0.493 e. The van der Waals surface area contributed by atoms with Gasteiger partial charge in [-0.05, 0) is 54.1 Å². The normalized spacial score (nSPS) is 13.0. The van der Waals surface area contributed by atoms with E-state index < -0.39 is 0 Å². The lowest BCUT2D eigenvalue weighted by atomic mass is 10.1. The Balaban J connectivity index is 1.39. The van der Waals surface area contributed by atoms with Crippen LogP contribution < -0.4 is 14.8 Å². The number of aromatic nitrogens is 1. The Hall–Kier alpha value is -3.06. The van der Waals surface area contributed by atoms with E-state index in [1.54, 1.807) is 36.8 Å². The van der Waals surface area contributed by atoms with Gasteiger partial charge in [-0.2, -0.15) is 0 Å². The standard InChI is InChI=1S/C21H21N3O3S/c1-14-3-5-17(18(11-14)26-2)27-20-6-4-16(12-22-20)23-21(25)24-9-7-19-15(13-24)8-10-28-19/h3-6,8,10-12H,7,9,13H2,1-2H3,(H,23,25). The number of hydrogen-bond donors (Lipinski definition) is 1. The molecule has 28 heavy (non-hydrogen) atoms. The van der Waals surface area contributed by atoms with E-state index in [1.165, 1.54) is 10.4 Å². The first-order valence-corrected chi connectivity index (χ1v) is 9.90. The van der Waals surface area contributed by atoms with Gasteiger partial charge in [-0.15, -0.1) is 11.3 Å². The van der Waals surface area contributed by atoms with Crippen molar-refractivity contribution in [1.29, 1.82) is 0 Å². The molecule has 0 aliphatic carbocycles. The summed E-state index contributed by atoms with van der Waals surface area (Å²) in [5.74, 6) is 1.68. The molecule has 0 spiro atoms. The van der Waals surface area contributed by atoms with Crippen molar-refractivity contribution in [3.8, 4) is 17.4 Å². The number of anilines is 1. The van der Waals surface area contributed by atoms with Gasteiger partial charge in [-0.25, -0.2) is 9.78 Å². The van der Waals surface area contributed by atoms with Crippen LogP contribution in [0.1, 0.15) is 16.0 Å². The summed E-state index contributed by atoms with van der Waals surface area (Å²) >= 11 is 1.76. The number of rotatable bonds is 4. The molecule has 0 bridgehead atoms. The van der Waals surface area contributed by atoms with Gasteiger partial charge in [-0.1, -0.05) is 6.07 Å². The number of ether oxygens (including phenoxy) is 2. The van der Waals surface area contributed by atoms with Gasteiger partial charge in [0.1, 0.15) is 0 Å². The van der Waals surface area contributed by atoms with Crippen LogP contribution in [0.4, 0.5) is 10.5 Å². The molecule has 1 aromatic carbocycles. The topological polar surface area (TPSA) is 63.7 Å². The number of pyridine rings is 1. The number of fused-ring (bicyclic) bond motifs is 1. The van der Waals surface area contributed by atoms with Gasteiger partial charge in [0.05, 0.1) is 19.0 Å². The van der Waals surface area contributed by atoms with Crippen molar-refractivity contribution in [2.75, 3.05) is 19.0 Å². The van der Waals surface area contributed by atoms with Crippen LogP contribution in [0, 0.1) is 6.92 Å². The zero-order valence-electron chi connectivity index (χ0n) is 15.8. The van der Waals surface area contributed by atoms with E-state index in [0.717, 1.165) is 18.5 Å². The van der Waals surface area contributed by atoms with E-state index in [1.807, 2.05) is 30.0 Å². The number of carbonyl (C=O) groups excluding carboxylic acids is 1. The molecule has 144 valence electrons. The van der Waals surface area contributed by atoms with E-state index >= 15 is 0 Å². The van der Waals surface area contributed by atoms with Crippen LogP contribution in [0.25, 0.3) is 0 Å². The first-order chi connectivity index (χ1) is 13.6. The summed E-state index contributed by atoms with van der Waals surface area (Å²) < 4.78 is 11.2. The molecule has 0 radical (unpaired) electrons. The fourth-order valence-corrected chi connectivity index (χ4v) is 4.00. The largest absolute Gasteiger partial charge is 0.493 e. The second kappa shape index (κ2) is 7.90. The molecule has 2 aromatic heterocycles. The second-order valence-corrected chi connectivity index (χ2v) is 7.61. The van der Waals surface area contributed by atoms with E-state index in [4.69, 9.17) is 9.47 Å². The van der Waals surface area contributed by atoms with Crippen LogP contribution >= 0.6 is 11.3 Å². The van der Waals surface area contributed by atoms with Crippen molar-refractivity contribution in [3.63, 3.8) is 0 Å². The van der Waals surface area contributed by atoms with Crippen LogP contribution in [0.2, 0.25) is 0 Å². The van der Waals surface area contributed by atoms with Gasteiger partial charge in [0.15, 0.2) is 11.5 Å². The van der Waals surface area contributed by atoms with E-state index in [2.05, 4.69) is 21.7 Å². The lowest BCUT2D eigenvalue weighted by Gasteiger charge is -2.27. The first kappa shape index (κ1) is 18.3. The molecule has 0 saturated carbocycles. The average Bonchev–Trinajstić information content (AvgIpc) is 3.18. The smallest absolute Gasteiger partial charge is 0.322 e. The molecule has 2 amide bonds.